The summed E-state index contributed by atoms with van der Waals surface area (Å²) in [5, 5.41) is 31.8. The number of nitrogens with zero attached hydrogens (tertiary/aromatic N) is 3. The van der Waals surface area contributed by atoms with Gasteiger partial charge in [-0.3, -0.25) is 10.1 Å². The van der Waals surface area contributed by atoms with Crippen molar-refractivity contribution in [2.75, 3.05) is 18.5 Å². The van der Waals surface area contributed by atoms with Crippen LogP contribution in [0.5, 0.6) is 0 Å². The van der Waals surface area contributed by atoms with E-state index in [1.807, 2.05) is 6.07 Å². The van der Waals surface area contributed by atoms with Crippen molar-refractivity contribution in [3.63, 3.8) is 0 Å². The number of nitro benzene ring substituents is 1. The summed E-state index contributed by atoms with van der Waals surface area (Å²) in [4.78, 5) is 10.5. The quantitative estimate of drug-likeness (QED) is 0.662. The molecule has 7 heteroatoms. The monoisotopic (exact) mass is 272 g/mol. The Morgan fingerprint density at radius 3 is 2.65 bits per heavy atom. The normalized spacial score (nSPS) is 17.2. The fourth-order valence-electron chi connectivity index (χ4n) is 2.10. The van der Waals surface area contributed by atoms with Gasteiger partial charge >= 0.3 is 0 Å². The van der Waals surface area contributed by atoms with Crippen molar-refractivity contribution in [3.05, 3.63) is 33.4 Å². The molecule has 2 rings (SSSR count). The number of ether oxygens (including phenoxy) is 1. The highest BCUT2D eigenvalue weighted by Gasteiger charge is 2.21. The zero-order valence-corrected chi connectivity index (χ0v) is 10.6. The molecule has 1 saturated heterocycles. The Morgan fingerprint density at radius 2 is 2.10 bits per heavy atom. The van der Waals surface area contributed by atoms with Crippen LogP contribution in [0.3, 0.4) is 0 Å². The Hall–Kier alpha value is -2.64. The lowest BCUT2D eigenvalue weighted by molar-refractivity contribution is -0.384. The molecule has 1 fully saturated rings. The van der Waals surface area contributed by atoms with Gasteiger partial charge in [0.1, 0.15) is 17.8 Å². The Kier molecular flexibility index (Phi) is 4.14. The van der Waals surface area contributed by atoms with Crippen LogP contribution in [-0.4, -0.2) is 24.2 Å². The molecule has 0 aliphatic carbocycles. The maximum Gasteiger partial charge on any atom is 0.293 e. The highest BCUT2D eigenvalue weighted by molar-refractivity contribution is 5.68. The van der Waals surface area contributed by atoms with Gasteiger partial charge in [-0.2, -0.15) is 10.5 Å². The van der Waals surface area contributed by atoms with Gasteiger partial charge in [-0.15, -0.1) is 0 Å². The van der Waals surface area contributed by atoms with Crippen molar-refractivity contribution in [2.45, 2.75) is 18.9 Å². The van der Waals surface area contributed by atoms with Gasteiger partial charge in [0.05, 0.1) is 22.2 Å². The predicted octanol–water partition coefficient (Wildman–Crippen LogP) is 1.93. The molecular formula is C13H12N4O3. The predicted molar refractivity (Wildman–Crippen MR) is 70.0 cm³/mol. The Labute approximate surface area is 115 Å². The van der Waals surface area contributed by atoms with Crippen molar-refractivity contribution in [1.29, 1.82) is 10.5 Å². The van der Waals surface area contributed by atoms with Gasteiger partial charge in [0, 0.05) is 19.2 Å². The number of benzene rings is 1. The van der Waals surface area contributed by atoms with Crippen LogP contribution in [0.25, 0.3) is 0 Å². The Morgan fingerprint density at radius 1 is 1.40 bits per heavy atom. The van der Waals surface area contributed by atoms with Gasteiger partial charge < -0.3 is 10.1 Å². The second-order valence-corrected chi connectivity index (χ2v) is 4.41. The maximum atomic E-state index is 11.0. The third-order valence-electron chi connectivity index (χ3n) is 3.12. The minimum absolute atomic E-state index is 0.00173. The topological polar surface area (TPSA) is 112 Å². The molecule has 0 aromatic heterocycles. The molecule has 102 valence electrons. The molecule has 1 aromatic carbocycles. The summed E-state index contributed by atoms with van der Waals surface area (Å²) in [5.41, 5.74) is 0.148. The number of hydrogen-bond donors (Lipinski definition) is 1. The van der Waals surface area contributed by atoms with Crippen LogP contribution >= 0.6 is 0 Å². The first-order chi connectivity index (χ1) is 9.65. The van der Waals surface area contributed by atoms with Crippen LogP contribution in [0, 0.1) is 32.8 Å². The van der Waals surface area contributed by atoms with Gasteiger partial charge in [0.2, 0.25) is 0 Å². The summed E-state index contributed by atoms with van der Waals surface area (Å²) in [6.07, 6.45) is 1.91. The summed E-state index contributed by atoms with van der Waals surface area (Å²) in [7, 11) is 0. The zero-order chi connectivity index (χ0) is 14.5. The van der Waals surface area contributed by atoms with E-state index in [0.717, 1.165) is 18.9 Å². The van der Waals surface area contributed by atoms with Crippen molar-refractivity contribution < 1.29 is 9.66 Å². The summed E-state index contributed by atoms with van der Waals surface area (Å²) >= 11 is 0. The molecule has 1 N–H and O–H groups in total. The Bertz CT molecular complexity index is 609. The molecule has 7 nitrogen and oxygen atoms in total. The van der Waals surface area contributed by atoms with Crippen LogP contribution in [-0.2, 0) is 4.74 Å². The SMILES string of the molecule is N#Cc1cc(NC[C@H]2CCCO2)c([N+](=O)[O-])cc1C#N. The first-order valence-corrected chi connectivity index (χ1v) is 6.14. The van der Waals surface area contributed by atoms with E-state index in [2.05, 4.69) is 5.32 Å². The molecular weight excluding hydrogens is 260 g/mol. The highest BCUT2D eigenvalue weighted by atomic mass is 16.6. The van der Waals surface area contributed by atoms with E-state index in [0.29, 0.717) is 13.2 Å². The number of hydrogen-bond acceptors (Lipinski definition) is 6. The number of nitrogens with one attached hydrogen (secondary N) is 1. The van der Waals surface area contributed by atoms with E-state index in [4.69, 9.17) is 15.3 Å². The average molecular weight is 272 g/mol. The molecule has 0 spiro atoms. The van der Waals surface area contributed by atoms with Crippen LogP contribution in [0.15, 0.2) is 12.1 Å². The largest absolute Gasteiger partial charge is 0.377 e. The van der Waals surface area contributed by atoms with Crippen LogP contribution in [0.4, 0.5) is 11.4 Å². The molecule has 0 radical (unpaired) electrons. The summed E-state index contributed by atoms with van der Waals surface area (Å²) in [6.45, 7) is 1.14. The fourth-order valence-corrected chi connectivity index (χ4v) is 2.10. The molecule has 1 atom stereocenters. The van der Waals surface area contributed by atoms with Crippen LogP contribution < -0.4 is 5.32 Å². The van der Waals surface area contributed by atoms with Crippen molar-refractivity contribution >= 4 is 11.4 Å². The molecule has 1 aliphatic heterocycles. The third-order valence-corrected chi connectivity index (χ3v) is 3.12. The molecule has 0 unspecified atom stereocenters. The second-order valence-electron chi connectivity index (χ2n) is 4.41. The first kappa shape index (κ1) is 13.8. The zero-order valence-electron chi connectivity index (χ0n) is 10.6. The molecule has 0 bridgehead atoms. The molecule has 1 aromatic rings. The Balaban J connectivity index is 2.27. The van der Waals surface area contributed by atoms with Crippen LogP contribution in [0.1, 0.15) is 24.0 Å². The van der Waals surface area contributed by atoms with E-state index >= 15 is 0 Å². The lowest BCUT2D eigenvalue weighted by Crippen LogP contribution is -2.19. The summed E-state index contributed by atoms with van der Waals surface area (Å²) < 4.78 is 5.43. The number of nitriles is 2. The van der Waals surface area contributed by atoms with Gasteiger partial charge in [0.15, 0.2) is 0 Å². The van der Waals surface area contributed by atoms with E-state index in [1.165, 1.54) is 6.07 Å². The summed E-state index contributed by atoms with van der Waals surface area (Å²) in [6, 6.07) is 6.11. The van der Waals surface area contributed by atoms with Crippen LogP contribution in [0.2, 0.25) is 0 Å². The van der Waals surface area contributed by atoms with Gasteiger partial charge in [-0.25, -0.2) is 0 Å². The second kappa shape index (κ2) is 6.00. The maximum absolute atomic E-state index is 11.0. The van der Waals surface area contributed by atoms with E-state index in [9.17, 15) is 10.1 Å². The van der Waals surface area contributed by atoms with E-state index < -0.39 is 4.92 Å². The molecule has 20 heavy (non-hydrogen) atoms. The lowest BCUT2D eigenvalue weighted by Gasteiger charge is -2.12. The van der Waals surface area contributed by atoms with Gasteiger partial charge in [-0.05, 0) is 18.9 Å². The smallest absolute Gasteiger partial charge is 0.293 e. The van der Waals surface area contributed by atoms with Crippen molar-refractivity contribution in [1.82, 2.24) is 0 Å². The molecule has 1 aliphatic rings. The summed E-state index contributed by atoms with van der Waals surface area (Å²) in [5.74, 6) is 0. The lowest BCUT2D eigenvalue weighted by atomic mass is 10.1. The first-order valence-electron chi connectivity index (χ1n) is 6.14. The molecule has 0 saturated carbocycles. The number of nitro groups is 1. The third kappa shape index (κ3) is 2.85. The fraction of sp³-hybridized carbons (Fsp3) is 0.385. The van der Waals surface area contributed by atoms with Gasteiger partial charge in [-0.1, -0.05) is 0 Å². The number of anilines is 1. The van der Waals surface area contributed by atoms with Crippen molar-refractivity contribution in [3.8, 4) is 12.1 Å². The minimum atomic E-state index is -0.570. The highest BCUT2D eigenvalue weighted by Crippen LogP contribution is 2.28. The van der Waals surface area contributed by atoms with E-state index in [1.54, 1.807) is 6.07 Å². The average Bonchev–Trinajstić information content (AvgIpc) is 2.97. The van der Waals surface area contributed by atoms with Gasteiger partial charge in [0.25, 0.3) is 5.69 Å². The molecule has 0 amide bonds. The van der Waals surface area contributed by atoms with E-state index in [-0.39, 0.29) is 28.6 Å². The standard InChI is InChI=1S/C13H12N4O3/c14-6-9-4-12(16-8-11-2-1-3-20-11)13(17(18)19)5-10(9)7-15/h4-5,11,16H,1-3,8H2/t11-/m1/s1. The van der Waals surface area contributed by atoms with Crippen molar-refractivity contribution in [2.24, 2.45) is 0 Å². The molecule has 1 heterocycles. The number of rotatable bonds is 4. The minimum Gasteiger partial charge on any atom is -0.377 e.